The van der Waals surface area contributed by atoms with Crippen LogP contribution in [0.1, 0.15) is 60.5 Å². The lowest BCUT2D eigenvalue weighted by molar-refractivity contribution is -0.147. The van der Waals surface area contributed by atoms with Crippen LogP contribution in [-0.2, 0) is 20.7 Å². The molecule has 1 N–H and O–H groups in total. The number of amides is 1. The highest BCUT2D eigenvalue weighted by atomic mass is 16.5. The average molecular weight is 393 g/mol. The van der Waals surface area contributed by atoms with E-state index in [0.29, 0.717) is 23.8 Å². The molecule has 1 aliphatic rings. The van der Waals surface area contributed by atoms with Gasteiger partial charge in [0.05, 0.1) is 5.56 Å². The second-order valence-electron chi connectivity index (χ2n) is 7.55. The minimum Gasteiger partial charge on any atom is -0.456 e. The molecule has 2 aromatic rings. The SMILES string of the molecule is Cc1c(C#N)c(NC(=O)COC(=O)CCc2ccccc2)n(C2CCCC2)c1C. The number of hydrogen-bond donors (Lipinski definition) is 1. The standard InChI is InChI=1S/C23H27N3O3/c1-16-17(2)26(19-10-6-7-11-19)23(20(16)14-24)25-21(27)15-29-22(28)13-12-18-8-4-3-5-9-18/h3-5,8-9,19H,6-7,10-13,15H2,1-2H3,(H,25,27). The Kier molecular flexibility index (Phi) is 6.71. The summed E-state index contributed by atoms with van der Waals surface area (Å²) in [6.45, 7) is 3.53. The van der Waals surface area contributed by atoms with Gasteiger partial charge in [-0.15, -0.1) is 0 Å². The first-order chi connectivity index (χ1) is 14.0. The van der Waals surface area contributed by atoms with Crippen LogP contribution in [-0.4, -0.2) is 23.1 Å². The van der Waals surface area contributed by atoms with Gasteiger partial charge in [-0.05, 0) is 44.2 Å². The van der Waals surface area contributed by atoms with Crippen molar-refractivity contribution in [2.45, 2.75) is 58.4 Å². The zero-order valence-corrected chi connectivity index (χ0v) is 17.0. The van der Waals surface area contributed by atoms with E-state index >= 15 is 0 Å². The number of nitrogens with zero attached hydrogens (tertiary/aromatic N) is 2. The van der Waals surface area contributed by atoms with Crippen molar-refractivity contribution in [3.05, 3.63) is 52.7 Å². The summed E-state index contributed by atoms with van der Waals surface area (Å²) in [5.41, 5.74) is 3.42. The minimum absolute atomic E-state index is 0.220. The first-order valence-corrected chi connectivity index (χ1v) is 10.1. The lowest BCUT2D eigenvalue weighted by atomic mass is 10.1. The van der Waals surface area contributed by atoms with Crippen molar-refractivity contribution in [3.8, 4) is 6.07 Å². The van der Waals surface area contributed by atoms with Gasteiger partial charge in [0, 0.05) is 18.2 Å². The quantitative estimate of drug-likeness (QED) is 0.714. The van der Waals surface area contributed by atoms with Gasteiger partial charge in [-0.1, -0.05) is 43.2 Å². The molecule has 1 fully saturated rings. The van der Waals surface area contributed by atoms with E-state index in [1.165, 1.54) is 0 Å². The van der Waals surface area contributed by atoms with E-state index in [-0.39, 0.29) is 13.0 Å². The molecule has 152 valence electrons. The van der Waals surface area contributed by atoms with E-state index in [1.54, 1.807) is 0 Å². The highest BCUT2D eigenvalue weighted by molar-refractivity contribution is 5.93. The number of ether oxygens (including phenoxy) is 1. The Morgan fingerprint density at radius 3 is 2.55 bits per heavy atom. The molecule has 1 aromatic carbocycles. The number of aromatic nitrogens is 1. The number of esters is 1. The number of rotatable bonds is 7. The Morgan fingerprint density at radius 1 is 1.21 bits per heavy atom. The summed E-state index contributed by atoms with van der Waals surface area (Å²) in [5, 5.41) is 12.4. The van der Waals surface area contributed by atoms with Gasteiger partial charge < -0.3 is 14.6 Å². The smallest absolute Gasteiger partial charge is 0.306 e. The number of benzene rings is 1. The molecule has 0 saturated heterocycles. The summed E-state index contributed by atoms with van der Waals surface area (Å²) in [6.07, 6.45) is 5.17. The first-order valence-electron chi connectivity index (χ1n) is 10.1. The molecule has 0 radical (unpaired) electrons. The molecule has 0 atom stereocenters. The van der Waals surface area contributed by atoms with E-state index in [1.807, 2.05) is 44.2 Å². The fourth-order valence-corrected chi connectivity index (χ4v) is 3.98. The summed E-state index contributed by atoms with van der Waals surface area (Å²) in [6, 6.07) is 12.2. The predicted octanol–water partition coefficient (Wildman–Crippen LogP) is 4.21. The first kappa shape index (κ1) is 20.7. The molecule has 0 spiro atoms. The fraction of sp³-hybridized carbons (Fsp3) is 0.435. The Labute approximate surface area is 171 Å². The Bertz CT molecular complexity index is 919. The number of aryl methyl sites for hydroxylation is 1. The maximum absolute atomic E-state index is 12.4. The fourth-order valence-electron chi connectivity index (χ4n) is 3.98. The number of hydrogen-bond acceptors (Lipinski definition) is 4. The average Bonchev–Trinajstić information content (AvgIpc) is 3.33. The van der Waals surface area contributed by atoms with Crippen LogP contribution >= 0.6 is 0 Å². The third kappa shape index (κ3) is 4.86. The number of nitrogens with one attached hydrogen (secondary N) is 1. The van der Waals surface area contributed by atoms with E-state index < -0.39 is 11.9 Å². The Morgan fingerprint density at radius 2 is 1.90 bits per heavy atom. The van der Waals surface area contributed by atoms with Crippen LogP contribution in [0.15, 0.2) is 30.3 Å². The molecule has 1 saturated carbocycles. The number of nitriles is 1. The van der Waals surface area contributed by atoms with E-state index in [2.05, 4.69) is 16.0 Å². The van der Waals surface area contributed by atoms with Gasteiger partial charge in [0.15, 0.2) is 6.61 Å². The maximum Gasteiger partial charge on any atom is 0.306 e. The topological polar surface area (TPSA) is 84.1 Å². The molecule has 1 aromatic heterocycles. The molecule has 6 nitrogen and oxygen atoms in total. The van der Waals surface area contributed by atoms with Crippen LogP contribution in [0, 0.1) is 25.2 Å². The lowest BCUT2D eigenvalue weighted by Crippen LogP contribution is -2.24. The van der Waals surface area contributed by atoms with Gasteiger partial charge in [0.2, 0.25) is 0 Å². The Hall–Kier alpha value is -3.07. The second-order valence-corrected chi connectivity index (χ2v) is 7.55. The number of carbonyl (C=O) groups is 2. The molecule has 0 unspecified atom stereocenters. The second kappa shape index (κ2) is 9.42. The van der Waals surface area contributed by atoms with E-state index in [0.717, 1.165) is 42.5 Å². The highest BCUT2D eigenvalue weighted by Crippen LogP contribution is 2.37. The van der Waals surface area contributed by atoms with Gasteiger partial charge in [0.25, 0.3) is 5.91 Å². The summed E-state index contributed by atoms with van der Waals surface area (Å²) in [5.74, 6) is -0.311. The monoisotopic (exact) mass is 393 g/mol. The molecule has 0 aliphatic heterocycles. The Balaban J connectivity index is 1.61. The van der Waals surface area contributed by atoms with Gasteiger partial charge in [-0.2, -0.15) is 5.26 Å². The molecule has 0 bridgehead atoms. The number of carbonyl (C=O) groups excluding carboxylic acids is 2. The van der Waals surface area contributed by atoms with Crippen molar-refractivity contribution in [1.82, 2.24) is 4.57 Å². The van der Waals surface area contributed by atoms with Crippen LogP contribution < -0.4 is 5.32 Å². The van der Waals surface area contributed by atoms with Crippen molar-refractivity contribution < 1.29 is 14.3 Å². The van der Waals surface area contributed by atoms with E-state index in [9.17, 15) is 14.9 Å². The van der Waals surface area contributed by atoms with Crippen molar-refractivity contribution in [2.75, 3.05) is 11.9 Å². The maximum atomic E-state index is 12.4. The molecular formula is C23H27N3O3. The van der Waals surface area contributed by atoms with Gasteiger partial charge >= 0.3 is 5.97 Å². The molecule has 1 aliphatic carbocycles. The number of anilines is 1. The van der Waals surface area contributed by atoms with Gasteiger partial charge in [-0.3, -0.25) is 9.59 Å². The largest absolute Gasteiger partial charge is 0.456 e. The van der Waals surface area contributed by atoms with Gasteiger partial charge in [-0.25, -0.2) is 0 Å². The molecule has 29 heavy (non-hydrogen) atoms. The zero-order valence-electron chi connectivity index (χ0n) is 17.0. The third-order valence-corrected chi connectivity index (χ3v) is 5.64. The van der Waals surface area contributed by atoms with Crippen molar-refractivity contribution in [1.29, 1.82) is 5.26 Å². The molecule has 3 rings (SSSR count). The molecule has 1 amide bonds. The van der Waals surface area contributed by atoms with Crippen molar-refractivity contribution >= 4 is 17.7 Å². The predicted molar refractivity (Wildman–Crippen MR) is 110 cm³/mol. The van der Waals surface area contributed by atoms with Crippen LogP contribution in [0.5, 0.6) is 0 Å². The van der Waals surface area contributed by atoms with Gasteiger partial charge in [0.1, 0.15) is 11.9 Å². The van der Waals surface area contributed by atoms with Crippen molar-refractivity contribution in [3.63, 3.8) is 0 Å². The lowest BCUT2D eigenvalue weighted by Gasteiger charge is -2.19. The third-order valence-electron chi connectivity index (χ3n) is 5.64. The van der Waals surface area contributed by atoms with Crippen molar-refractivity contribution in [2.24, 2.45) is 0 Å². The van der Waals surface area contributed by atoms with E-state index in [4.69, 9.17) is 4.74 Å². The van der Waals surface area contributed by atoms with Crippen LogP contribution in [0.3, 0.4) is 0 Å². The van der Waals surface area contributed by atoms with Crippen LogP contribution in [0.25, 0.3) is 0 Å². The summed E-state index contributed by atoms with van der Waals surface area (Å²) in [4.78, 5) is 24.4. The molecular weight excluding hydrogens is 366 g/mol. The summed E-state index contributed by atoms with van der Waals surface area (Å²) >= 11 is 0. The highest BCUT2D eigenvalue weighted by Gasteiger charge is 2.26. The van der Waals surface area contributed by atoms with Crippen LogP contribution in [0.2, 0.25) is 0 Å². The van der Waals surface area contributed by atoms with Crippen LogP contribution in [0.4, 0.5) is 5.82 Å². The zero-order chi connectivity index (χ0) is 20.8. The summed E-state index contributed by atoms with van der Waals surface area (Å²) < 4.78 is 7.21. The normalized spacial score (nSPS) is 13.8. The molecule has 6 heteroatoms. The molecule has 1 heterocycles. The summed E-state index contributed by atoms with van der Waals surface area (Å²) in [7, 11) is 0. The minimum atomic E-state index is -0.425.